The molecule has 0 bridgehead atoms. The van der Waals surface area contributed by atoms with Gasteiger partial charge in [0.25, 0.3) is 0 Å². The monoisotopic (exact) mass is 262 g/mol. The second-order valence-corrected chi connectivity index (χ2v) is 4.88. The van der Waals surface area contributed by atoms with Crippen LogP contribution in [-0.2, 0) is 13.2 Å². The Morgan fingerprint density at radius 3 is 3.00 bits per heavy atom. The number of hydrogen-bond acceptors (Lipinski definition) is 4. The predicted octanol–water partition coefficient (Wildman–Crippen LogP) is 3.14. The standard InChI is InChI=1S/C14H18N2OS/c1-3-15-7-12-6-11(2)4-5-14(12)17-8-13-9-18-10-16-13/h4-6,9-10,15H,3,7-8H2,1-2H3. The summed E-state index contributed by atoms with van der Waals surface area (Å²) < 4.78 is 5.84. The number of aromatic nitrogens is 1. The number of ether oxygens (including phenoxy) is 1. The van der Waals surface area contributed by atoms with Gasteiger partial charge in [-0.1, -0.05) is 24.6 Å². The summed E-state index contributed by atoms with van der Waals surface area (Å²) in [6.45, 7) is 6.53. The van der Waals surface area contributed by atoms with Crippen LogP contribution in [0.25, 0.3) is 0 Å². The summed E-state index contributed by atoms with van der Waals surface area (Å²) in [5, 5.41) is 5.34. The summed E-state index contributed by atoms with van der Waals surface area (Å²) in [5.41, 5.74) is 5.26. The Morgan fingerprint density at radius 1 is 1.39 bits per heavy atom. The molecular formula is C14H18N2OS. The number of nitrogens with zero attached hydrogens (tertiary/aromatic N) is 1. The summed E-state index contributed by atoms with van der Waals surface area (Å²) >= 11 is 1.59. The Bertz CT molecular complexity index is 483. The van der Waals surface area contributed by atoms with Gasteiger partial charge in [0.15, 0.2) is 0 Å². The molecule has 0 amide bonds. The number of rotatable bonds is 6. The first-order valence-corrected chi connectivity index (χ1v) is 7.04. The molecule has 3 nitrogen and oxygen atoms in total. The van der Waals surface area contributed by atoms with Gasteiger partial charge in [-0.25, -0.2) is 4.98 Å². The maximum Gasteiger partial charge on any atom is 0.131 e. The molecule has 0 unspecified atom stereocenters. The highest BCUT2D eigenvalue weighted by molar-refractivity contribution is 7.07. The van der Waals surface area contributed by atoms with E-state index in [2.05, 4.69) is 36.3 Å². The predicted molar refractivity (Wildman–Crippen MR) is 75.0 cm³/mol. The highest BCUT2D eigenvalue weighted by Gasteiger charge is 2.05. The third-order valence-electron chi connectivity index (χ3n) is 2.64. The Kier molecular flexibility index (Phi) is 4.73. The minimum Gasteiger partial charge on any atom is -0.487 e. The lowest BCUT2D eigenvalue weighted by Crippen LogP contribution is -2.13. The minimum atomic E-state index is 0.533. The van der Waals surface area contributed by atoms with Crippen LogP contribution in [0.2, 0.25) is 0 Å². The van der Waals surface area contributed by atoms with Gasteiger partial charge in [0.05, 0.1) is 11.2 Å². The Morgan fingerprint density at radius 2 is 2.28 bits per heavy atom. The van der Waals surface area contributed by atoms with Gasteiger partial charge in [0.2, 0.25) is 0 Å². The molecular weight excluding hydrogens is 244 g/mol. The van der Waals surface area contributed by atoms with E-state index in [-0.39, 0.29) is 0 Å². The van der Waals surface area contributed by atoms with Gasteiger partial charge in [-0.15, -0.1) is 11.3 Å². The zero-order valence-electron chi connectivity index (χ0n) is 10.8. The van der Waals surface area contributed by atoms with E-state index in [1.807, 2.05) is 17.0 Å². The molecule has 0 aliphatic carbocycles. The summed E-state index contributed by atoms with van der Waals surface area (Å²) in [5.74, 6) is 0.939. The van der Waals surface area contributed by atoms with Crippen LogP contribution in [0.3, 0.4) is 0 Å². The maximum atomic E-state index is 5.84. The van der Waals surface area contributed by atoms with Crippen molar-refractivity contribution in [1.82, 2.24) is 10.3 Å². The van der Waals surface area contributed by atoms with Crippen molar-refractivity contribution >= 4 is 11.3 Å². The molecule has 4 heteroatoms. The normalized spacial score (nSPS) is 10.6. The molecule has 18 heavy (non-hydrogen) atoms. The second-order valence-electron chi connectivity index (χ2n) is 4.16. The van der Waals surface area contributed by atoms with Crippen LogP contribution in [0.5, 0.6) is 5.75 Å². The van der Waals surface area contributed by atoms with Crippen molar-refractivity contribution in [2.45, 2.75) is 27.0 Å². The van der Waals surface area contributed by atoms with Crippen molar-refractivity contribution in [2.24, 2.45) is 0 Å². The Balaban J connectivity index is 2.05. The summed E-state index contributed by atoms with van der Waals surface area (Å²) in [6, 6.07) is 6.28. The molecule has 0 atom stereocenters. The van der Waals surface area contributed by atoms with E-state index in [1.54, 1.807) is 11.3 Å². The van der Waals surface area contributed by atoms with E-state index in [9.17, 15) is 0 Å². The van der Waals surface area contributed by atoms with Gasteiger partial charge >= 0.3 is 0 Å². The van der Waals surface area contributed by atoms with Gasteiger partial charge in [-0.3, -0.25) is 0 Å². The van der Waals surface area contributed by atoms with Crippen LogP contribution in [0, 0.1) is 6.92 Å². The van der Waals surface area contributed by atoms with Crippen LogP contribution >= 0.6 is 11.3 Å². The van der Waals surface area contributed by atoms with Crippen molar-refractivity contribution in [3.05, 3.63) is 45.9 Å². The lowest BCUT2D eigenvalue weighted by molar-refractivity contribution is 0.298. The third kappa shape index (κ3) is 3.55. The van der Waals surface area contributed by atoms with Crippen LogP contribution in [0.4, 0.5) is 0 Å². The van der Waals surface area contributed by atoms with Crippen molar-refractivity contribution in [2.75, 3.05) is 6.54 Å². The molecule has 0 aliphatic rings. The fourth-order valence-electron chi connectivity index (χ4n) is 1.71. The zero-order valence-corrected chi connectivity index (χ0v) is 11.6. The number of thiazole rings is 1. The van der Waals surface area contributed by atoms with Gasteiger partial charge < -0.3 is 10.1 Å². The largest absolute Gasteiger partial charge is 0.487 e. The quantitative estimate of drug-likeness (QED) is 0.868. The van der Waals surface area contributed by atoms with Gasteiger partial charge in [-0.05, 0) is 19.5 Å². The lowest BCUT2D eigenvalue weighted by atomic mass is 10.1. The van der Waals surface area contributed by atoms with E-state index in [0.29, 0.717) is 6.61 Å². The van der Waals surface area contributed by atoms with E-state index >= 15 is 0 Å². The van der Waals surface area contributed by atoms with Crippen LogP contribution < -0.4 is 10.1 Å². The SMILES string of the molecule is CCNCc1cc(C)ccc1OCc1cscn1. The highest BCUT2D eigenvalue weighted by atomic mass is 32.1. The molecule has 0 aliphatic heterocycles. The molecule has 0 saturated heterocycles. The molecule has 0 spiro atoms. The molecule has 1 aromatic heterocycles. The van der Waals surface area contributed by atoms with Crippen molar-refractivity contribution in [3.63, 3.8) is 0 Å². The molecule has 0 radical (unpaired) electrons. The molecule has 1 aromatic carbocycles. The van der Waals surface area contributed by atoms with Gasteiger partial charge in [0.1, 0.15) is 12.4 Å². The number of aryl methyl sites for hydroxylation is 1. The van der Waals surface area contributed by atoms with Gasteiger partial charge in [0, 0.05) is 17.5 Å². The lowest BCUT2D eigenvalue weighted by Gasteiger charge is -2.12. The summed E-state index contributed by atoms with van der Waals surface area (Å²) in [7, 11) is 0. The van der Waals surface area contributed by atoms with E-state index < -0.39 is 0 Å². The fraction of sp³-hybridized carbons (Fsp3) is 0.357. The van der Waals surface area contributed by atoms with E-state index in [0.717, 1.165) is 24.5 Å². The van der Waals surface area contributed by atoms with Crippen molar-refractivity contribution in [3.8, 4) is 5.75 Å². The Labute approximate surface area is 112 Å². The molecule has 96 valence electrons. The average molecular weight is 262 g/mol. The van der Waals surface area contributed by atoms with Crippen molar-refractivity contribution in [1.29, 1.82) is 0 Å². The first-order chi connectivity index (χ1) is 8.79. The first-order valence-electron chi connectivity index (χ1n) is 6.09. The highest BCUT2D eigenvalue weighted by Crippen LogP contribution is 2.21. The van der Waals surface area contributed by atoms with Crippen LogP contribution in [0.15, 0.2) is 29.1 Å². The fourth-order valence-corrected chi connectivity index (χ4v) is 2.25. The Hall–Kier alpha value is -1.39. The molecule has 2 aromatic rings. The maximum absolute atomic E-state index is 5.84. The zero-order chi connectivity index (χ0) is 12.8. The average Bonchev–Trinajstić information content (AvgIpc) is 2.88. The number of benzene rings is 1. The van der Waals surface area contributed by atoms with Crippen molar-refractivity contribution < 1.29 is 4.74 Å². The molecule has 0 fully saturated rings. The van der Waals surface area contributed by atoms with Crippen LogP contribution in [0.1, 0.15) is 23.7 Å². The first kappa shape index (κ1) is 13.1. The molecule has 2 rings (SSSR count). The van der Waals surface area contributed by atoms with Gasteiger partial charge in [-0.2, -0.15) is 0 Å². The second kappa shape index (κ2) is 6.52. The molecule has 1 heterocycles. The summed E-state index contributed by atoms with van der Waals surface area (Å²) in [6.07, 6.45) is 0. The smallest absolute Gasteiger partial charge is 0.131 e. The third-order valence-corrected chi connectivity index (χ3v) is 3.28. The van der Waals surface area contributed by atoms with E-state index in [1.165, 1.54) is 11.1 Å². The topological polar surface area (TPSA) is 34.1 Å². The minimum absolute atomic E-state index is 0.533. The molecule has 0 saturated carbocycles. The summed E-state index contributed by atoms with van der Waals surface area (Å²) in [4.78, 5) is 4.22. The number of nitrogens with one attached hydrogen (secondary N) is 1. The number of hydrogen-bond donors (Lipinski definition) is 1. The van der Waals surface area contributed by atoms with Crippen LogP contribution in [-0.4, -0.2) is 11.5 Å². The van der Waals surface area contributed by atoms with E-state index in [4.69, 9.17) is 4.74 Å². The molecule has 1 N–H and O–H groups in total.